The Morgan fingerprint density at radius 3 is 1.53 bits per heavy atom. The van der Waals surface area contributed by atoms with Gasteiger partial charge in [0.15, 0.2) is 0 Å². The molecule has 118 valence electrons. The van der Waals surface area contributed by atoms with Crippen molar-refractivity contribution in [2.75, 3.05) is 25.6 Å². The predicted molar refractivity (Wildman–Crippen MR) is 82.6 cm³/mol. The molecule has 0 radical (unpaired) electrons. The van der Waals surface area contributed by atoms with E-state index in [0.717, 1.165) is 0 Å². The Hall–Kier alpha value is -0.790. The van der Waals surface area contributed by atoms with Gasteiger partial charge in [0, 0.05) is 5.75 Å². The number of carbonyl (C=O) groups is 2. The number of thioether (sulfide) groups is 1. The summed E-state index contributed by atoms with van der Waals surface area (Å²) < 4.78 is 0. The minimum atomic E-state index is -0.968. The van der Waals surface area contributed by atoms with Crippen LogP contribution in [0.5, 0.6) is 0 Å². The van der Waals surface area contributed by atoms with E-state index in [1.54, 1.807) is 18.7 Å². The maximum Gasteiger partial charge on any atom is 0.317 e. The number of rotatable bonds is 5. The van der Waals surface area contributed by atoms with Crippen LogP contribution in [0.15, 0.2) is 0 Å². The molecule has 0 aromatic heterocycles. The van der Waals surface area contributed by atoms with Crippen LogP contribution >= 0.6 is 11.8 Å². The van der Waals surface area contributed by atoms with Gasteiger partial charge in [-0.2, -0.15) is 11.8 Å². The van der Waals surface area contributed by atoms with Gasteiger partial charge in [-0.1, -0.05) is 33.6 Å². The van der Waals surface area contributed by atoms with Gasteiger partial charge in [0.05, 0.1) is 12.5 Å². The highest BCUT2D eigenvalue weighted by atomic mass is 32.2. The first-order valence-electron chi connectivity index (χ1n) is 6.08. The van der Waals surface area contributed by atoms with Crippen LogP contribution < -0.4 is 11.5 Å². The summed E-state index contributed by atoms with van der Waals surface area (Å²) in [5.41, 5.74) is 9.07. The second-order valence-electron chi connectivity index (χ2n) is 3.29. The van der Waals surface area contributed by atoms with E-state index in [-0.39, 0.29) is 12.5 Å². The van der Waals surface area contributed by atoms with Crippen molar-refractivity contribution in [1.29, 1.82) is 0 Å². The van der Waals surface area contributed by atoms with E-state index in [1.807, 2.05) is 6.26 Å². The standard InChI is InChI=1S/C5H10O2S.C4H10.C2H5NO2.CH5N/c1-4(3-8-2)5(6)7;1-3-4-2;3-1-2(4)5;1-2/h4H,3H2,1-2H3,(H,6,7);3-4H2,1-2H3;1,3H2,(H,4,5);2H2,1H3. The van der Waals surface area contributed by atoms with Crippen molar-refractivity contribution in [2.24, 2.45) is 17.4 Å². The maximum atomic E-state index is 10.1. The van der Waals surface area contributed by atoms with Gasteiger partial charge >= 0.3 is 11.9 Å². The fourth-order valence-electron chi connectivity index (χ4n) is 0.321. The SMILES string of the molecule is CCCC.CN.CSCC(C)C(=O)O.NCC(=O)O. The van der Waals surface area contributed by atoms with Gasteiger partial charge in [-0.15, -0.1) is 0 Å². The van der Waals surface area contributed by atoms with Crippen LogP contribution in [0, 0.1) is 5.92 Å². The number of aliphatic carboxylic acids is 2. The average molecular weight is 298 g/mol. The number of unbranched alkanes of at least 4 members (excludes halogenated alkanes) is 1. The molecule has 0 spiro atoms. The van der Waals surface area contributed by atoms with Gasteiger partial charge in [-0.05, 0) is 13.3 Å². The minimum Gasteiger partial charge on any atom is -0.481 e. The summed E-state index contributed by atoms with van der Waals surface area (Å²) in [6.07, 6.45) is 4.54. The van der Waals surface area contributed by atoms with E-state index in [4.69, 9.17) is 10.2 Å². The monoisotopic (exact) mass is 298 g/mol. The molecule has 0 saturated heterocycles. The lowest BCUT2D eigenvalue weighted by Gasteiger charge is -1.99. The Morgan fingerprint density at radius 2 is 1.47 bits per heavy atom. The van der Waals surface area contributed by atoms with Crippen LogP contribution in [0.3, 0.4) is 0 Å². The number of hydrogen-bond acceptors (Lipinski definition) is 5. The Labute approximate surface area is 120 Å². The molecule has 19 heavy (non-hydrogen) atoms. The molecule has 0 aromatic carbocycles. The van der Waals surface area contributed by atoms with Crippen LogP contribution in [0.25, 0.3) is 0 Å². The summed E-state index contributed by atoms with van der Waals surface area (Å²) in [5.74, 6) is -1.18. The minimum absolute atomic E-state index is 0.204. The van der Waals surface area contributed by atoms with Crippen LogP contribution in [0.4, 0.5) is 0 Å². The number of hydrogen-bond donors (Lipinski definition) is 4. The lowest BCUT2D eigenvalue weighted by atomic mass is 10.2. The predicted octanol–water partition coefficient (Wildman–Crippen LogP) is 1.48. The topological polar surface area (TPSA) is 127 Å². The van der Waals surface area contributed by atoms with E-state index in [9.17, 15) is 9.59 Å². The first kappa shape index (κ1) is 26.7. The van der Waals surface area contributed by atoms with Crippen LogP contribution in [-0.4, -0.2) is 47.8 Å². The maximum absolute atomic E-state index is 10.1. The molecule has 6 nitrogen and oxygen atoms in total. The molecule has 0 aliphatic carbocycles. The fourth-order valence-corrected chi connectivity index (χ4v) is 0.964. The average Bonchev–Trinajstić information content (AvgIpc) is 2.42. The summed E-state index contributed by atoms with van der Waals surface area (Å²) in [6.45, 7) is 5.79. The lowest BCUT2D eigenvalue weighted by Crippen LogP contribution is -2.11. The van der Waals surface area contributed by atoms with Crippen LogP contribution in [-0.2, 0) is 9.59 Å². The smallest absolute Gasteiger partial charge is 0.317 e. The number of carboxylic acids is 2. The summed E-state index contributed by atoms with van der Waals surface area (Å²) >= 11 is 1.56. The first-order chi connectivity index (χ1) is 8.87. The zero-order valence-corrected chi connectivity index (χ0v) is 13.5. The molecule has 0 bridgehead atoms. The summed E-state index contributed by atoms with van der Waals surface area (Å²) in [5, 5.41) is 15.9. The second-order valence-corrected chi connectivity index (χ2v) is 4.20. The van der Waals surface area contributed by atoms with Gasteiger partial charge in [-0.3, -0.25) is 9.59 Å². The molecule has 6 N–H and O–H groups in total. The van der Waals surface area contributed by atoms with E-state index >= 15 is 0 Å². The molecular formula is C12H30N2O4S. The van der Waals surface area contributed by atoms with Crippen molar-refractivity contribution >= 4 is 23.7 Å². The van der Waals surface area contributed by atoms with Crippen molar-refractivity contribution in [1.82, 2.24) is 0 Å². The molecule has 0 heterocycles. The Balaban J connectivity index is -0.0000000886. The molecule has 0 aliphatic rings. The molecule has 0 aromatic rings. The Morgan fingerprint density at radius 1 is 1.16 bits per heavy atom. The van der Waals surface area contributed by atoms with Crippen LogP contribution in [0.2, 0.25) is 0 Å². The molecule has 0 aliphatic heterocycles. The van der Waals surface area contributed by atoms with E-state index in [0.29, 0.717) is 5.75 Å². The first-order valence-corrected chi connectivity index (χ1v) is 7.47. The number of nitrogens with two attached hydrogens (primary N) is 2. The molecule has 0 rings (SSSR count). The Bertz CT molecular complexity index is 191. The third-order valence-electron chi connectivity index (χ3n) is 1.51. The van der Waals surface area contributed by atoms with Gasteiger partial charge in [-0.25, -0.2) is 0 Å². The van der Waals surface area contributed by atoms with Crippen molar-refractivity contribution < 1.29 is 19.8 Å². The quantitative estimate of drug-likeness (QED) is 0.605. The highest BCUT2D eigenvalue weighted by Crippen LogP contribution is 2.02. The normalized spacial score (nSPS) is 9.42. The second kappa shape index (κ2) is 25.9. The third-order valence-corrected chi connectivity index (χ3v) is 2.35. The van der Waals surface area contributed by atoms with Crippen LogP contribution in [0.1, 0.15) is 33.6 Å². The lowest BCUT2D eigenvalue weighted by molar-refractivity contribution is -0.140. The Kier molecular flexibility index (Phi) is 36.4. The highest BCUT2D eigenvalue weighted by Gasteiger charge is 2.07. The third kappa shape index (κ3) is 46.9. The molecule has 0 amide bonds. The van der Waals surface area contributed by atoms with E-state index in [2.05, 4.69) is 25.3 Å². The van der Waals surface area contributed by atoms with Gasteiger partial charge in [0.1, 0.15) is 0 Å². The van der Waals surface area contributed by atoms with Crippen molar-refractivity contribution in [3.8, 4) is 0 Å². The number of carboxylic acid groups (broad SMARTS) is 2. The largest absolute Gasteiger partial charge is 0.481 e. The zero-order valence-electron chi connectivity index (χ0n) is 12.7. The van der Waals surface area contributed by atoms with Gasteiger partial charge in [0.2, 0.25) is 0 Å². The summed E-state index contributed by atoms with van der Waals surface area (Å²) in [7, 11) is 1.50. The van der Waals surface area contributed by atoms with Crippen molar-refractivity contribution in [2.45, 2.75) is 33.6 Å². The van der Waals surface area contributed by atoms with Gasteiger partial charge in [0.25, 0.3) is 0 Å². The molecule has 0 saturated carbocycles. The molecule has 7 heteroatoms. The molecular weight excluding hydrogens is 268 g/mol. The molecule has 0 fully saturated rings. The summed E-state index contributed by atoms with van der Waals surface area (Å²) in [4.78, 5) is 19.3. The van der Waals surface area contributed by atoms with E-state index in [1.165, 1.54) is 19.9 Å². The van der Waals surface area contributed by atoms with Crippen molar-refractivity contribution in [3.63, 3.8) is 0 Å². The molecule has 1 unspecified atom stereocenters. The highest BCUT2D eigenvalue weighted by molar-refractivity contribution is 7.98. The fraction of sp³-hybridized carbons (Fsp3) is 0.833. The zero-order chi connectivity index (χ0) is 16.3. The van der Waals surface area contributed by atoms with E-state index < -0.39 is 11.9 Å². The van der Waals surface area contributed by atoms with Crippen molar-refractivity contribution in [3.05, 3.63) is 0 Å². The van der Waals surface area contributed by atoms with Gasteiger partial charge < -0.3 is 21.7 Å². The molecule has 1 atom stereocenters. The summed E-state index contributed by atoms with van der Waals surface area (Å²) in [6, 6.07) is 0.